The predicted molar refractivity (Wildman–Crippen MR) is 152 cm³/mol. The van der Waals surface area contributed by atoms with Crippen LogP contribution in [0.4, 0.5) is 0 Å². The molecule has 7 nitrogen and oxygen atoms in total. The number of likely N-dealkylation sites (N-methyl/N-ethyl adjacent to an activating group) is 2. The molecule has 0 radical (unpaired) electrons. The van der Waals surface area contributed by atoms with Gasteiger partial charge in [0.25, 0.3) is 11.8 Å². The average Bonchev–Trinajstić information content (AvgIpc) is 2.90. The van der Waals surface area contributed by atoms with Gasteiger partial charge in [-0.1, -0.05) is 36.4 Å². The van der Waals surface area contributed by atoms with Gasteiger partial charge in [0.2, 0.25) is 0 Å². The fourth-order valence-corrected chi connectivity index (χ4v) is 6.35. The van der Waals surface area contributed by atoms with Crippen molar-refractivity contribution in [2.45, 2.75) is 51.6 Å². The number of aromatic nitrogens is 1. The van der Waals surface area contributed by atoms with Gasteiger partial charge in [-0.25, -0.2) is 4.98 Å². The minimum absolute atomic E-state index is 0.0978. The van der Waals surface area contributed by atoms with Crippen molar-refractivity contribution in [2.24, 2.45) is 0 Å². The number of pyridine rings is 1. The molecule has 3 aromatic rings. The van der Waals surface area contributed by atoms with Crippen LogP contribution < -0.4 is 10.6 Å². The Morgan fingerprint density at radius 1 is 0.684 bits per heavy atom. The van der Waals surface area contributed by atoms with Gasteiger partial charge in [0, 0.05) is 23.9 Å². The Morgan fingerprint density at radius 2 is 1.11 bits per heavy atom. The van der Waals surface area contributed by atoms with Crippen LogP contribution in [-0.4, -0.2) is 79.1 Å². The van der Waals surface area contributed by atoms with Crippen molar-refractivity contribution in [1.29, 1.82) is 0 Å². The first-order chi connectivity index (χ1) is 18.3. The first kappa shape index (κ1) is 26.6. The molecule has 2 saturated heterocycles. The molecule has 1 aromatic heterocycles. The molecular formula is C31H43N5O2+2. The predicted octanol–water partition coefficient (Wildman–Crippen LogP) is 3.88. The van der Waals surface area contributed by atoms with Crippen molar-refractivity contribution in [2.75, 3.05) is 53.4 Å². The molecule has 0 aliphatic carbocycles. The molecule has 2 fully saturated rings. The van der Waals surface area contributed by atoms with Gasteiger partial charge in [-0.3, -0.25) is 9.59 Å². The lowest BCUT2D eigenvalue weighted by molar-refractivity contribution is -0.906. The number of fused-ring (bicyclic) bond motifs is 2. The molecule has 3 heterocycles. The van der Waals surface area contributed by atoms with Crippen molar-refractivity contribution >= 4 is 33.6 Å². The Balaban J connectivity index is 1.30. The molecular weight excluding hydrogens is 474 g/mol. The number of quaternary nitrogens is 2. The number of piperidine rings is 2. The third-order valence-corrected chi connectivity index (χ3v) is 8.63. The summed E-state index contributed by atoms with van der Waals surface area (Å²) in [5, 5.41) is 8.43. The summed E-state index contributed by atoms with van der Waals surface area (Å²) in [7, 11) is 4.39. The third kappa shape index (κ3) is 6.33. The monoisotopic (exact) mass is 517 g/mol. The number of rotatable bonds is 8. The van der Waals surface area contributed by atoms with Crippen molar-refractivity contribution in [3.05, 3.63) is 53.6 Å². The van der Waals surface area contributed by atoms with E-state index in [9.17, 15) is 9.59 Å². The minimum Gasteiger partial charge on any atom is -0.347 e. The Morgan fingerprint density at radius 3 is 1.53 bits per heavy atom. The summed E-state index contributed by atoms with van der Waals surface area (Å²) >= 11 is 0. The minimum atomic E-state index is 0.0978. The van der Waals surface area contributed by atoms with Gasteiger partial charge < -0.3 is 19.6 Å². The zero-order valence-corrected chi connectivity index (χ0v) is 23.1. The van der Waals surface area contributed by atoms with E-state index in [1.54, 1.807) is 0 Å². The van der Waals surface area contributed by atoms with Crippen molar-refractivity contribution in [3.8, 4) is 0 Å². The Bertz CT molecular complexity index is 1210. The smallest absolute Gasteiger partial charge is 0.275 e. The quantitative estimate of drug-likeness (QED) is 0.352. The van der Waals surface area contributed by atoms with Crippen molar-refractivity contribution < 1.29 is 18.6 Å². The number of benzene rings is 2. The maximum atomic E-state index is 12.8. The topological polar surface area (TPSA) is 71.1 Å². The maximum absolute atomic E-state index is 12.8. The van der Waals surface area contributed by atoms with Crippen LogP contribution in [-0.2, 0) is 22.7 Å². The SMILES string of the molecule is C[N+]1(CC(=O)NCc2cccc3cc4cccc(CNC(=O)C[N+]5(C)CCCCC5)c4nc23)CCCCC1. The molecule has 0 saturated carbocycles. The zero-order chi connectivity index (χ0) is 26.6. The van der Waals surface area contributed by atoms with E-state index >= 15 is 0 Å². The molecule has 7 heteroatoms. The first-order valence-corrected chi connectivity index (χ1v) is 14.3. The summed E-state index contributed by atoms with van der Waals surface area (Å²) in [6.07, 6.45) is 7.35. The fourth-order valence-electron chi connectivity index (χ4n) is 6.35. The molecule has 0 unspecified atom stereocenters. The molecule has 2 N–H and O–H groups in total. The number of carbonyl (C=O) groups excluding carboxylic acids is 2. The summed E-state index contributed by atoms with van der Waals surface area (Å²) in [5.74, 6) is 0.196. The highest BCUT2D eigenvalue weighted by Crippen LogP contribution is 2.25. The van der Waals surface area contributed by atoms with Gasteiger partial charge >= 0.3 is 0 Å². The number of likely N-dealkylation sites (tertiary alicyclic amines) is 2. The number of amides is 2. The number of para-hydroxylation sites is 2. The summed E-state index contributed by atoms with van der Waals surface area (Å²) in [5.41, 5.74) is 3.84. The Kier molecular flexibility index (Phi) is 7.96. The number of nitrogens with one attached hydrogen (secondary N) is 2. The lowest BCUT2D eigenvalue weighted by atomic mass is 10.0. The highest BCUT2D eigenvalue weighted by atomic mass is 16.2. The molecule has 0 atom stereocenters. The summed E-state index contributed by atoms with van der Waals surface area (Å²) in [6.45, 7) is 6.29. The summed E-state index contributed by atoms with van der Waals surface area (Å²) < 4.78 is 1.66. The maximum Gasteiger partial charge on any atom is 0.275 e. The molecule has 0 spiro atoms. The van der Waals surface area contributed by atoms with Crippen molar-refractivity contribution in [3.63, 3.8) is 0 Å². The second-order valence-electron chi connectivity index (χ2n) is 12.1. The normalized spacial score (nSPS) is 18.8. The van der Waals surface area contributed by atoms with E-state index in [2.05, 4.69) is 42.9 Å². The van der Waals surface area contributed by atoms with Gasteiger partial charge in [0.15, 0.2) is 13.1 Å². The highest BCUT2D eigenvalue weighted by molar-refractivity contribution is 5.95. The standard InChI is InChI=1S/C31H41N5O2/c1-35(15-5-3-6-16-35)22-28(37)32-20-26-13-9-11-24-19-25-12-10-14-27(31(25)34-30(24)26)21-33-29(38)23-36(2)17-7-4-8-18-36/h9-14,19H,3-8,15-18,20-23H2,1-2H3/p+2. The van der Waals surface area contributed by atoms with Crippen LogP contribution in [0.25, 0.3) is 21.8 Å². The molecule has 2 amide bonds. The number of hydrogen-bond donors (Lipinski definition) is 2. The molecule has 202 valence electrons. The molecule has 2 aliphatic heterocycles. The number of nitrogens with zero attached hydrogens (tertiary/aromatic N) is 3. The van der Waals surface area contributed by atoms with Crippen LogP contribution >= 0.6 is 0 Å². The molecule has 38 heavy (non-hydrogen) atoms. The first-order valence-electron chi connectivity index (χ1n) is 14.3. The third-order valence-electron chi connectivity index (χ3n) is 8.63. The molecule has 2 aliphatic rings. The molecule has 5 rings (SSSR count). The van der Waals surface area contributed by atoms with E-state index in [0.29, 0.717) is 26.2 Å². The van der Waals surface area contributed by atoms with Gasteiger partial charge in [0.05, 0.1) is 51.3 Å². The van der Waals surface area contributed by atoms with E-state index in [1.807, 2.05) is 24.3 Å². The van der Waals surface area contributed by atoms with Crippen LogP contribution in [0.2, 0.25) is 0 Å². The second kappa shape index (κ2) is 11.4. The second-order valence-corrected chi connectivity index (χ2v) is 12.1. The van der Waals surface area contributed by atoms with Gasteiger partial charge in [0.1, 0.15) is 0 Å². The van der Waals surface area contributed by atoms with Crippen molar-refractivity contribution in [1.82, 2.24) is 15.6 Å². The van der Waals surface area contributed by atoms with Crippen LogP contribution in [0.3, 0.4) is 0 Å². The number of hydrogen-bond acceptors (Lipinski definition) is 3. The lowest BCUT2D eigenvalue weighted by Gasteiger charge is -2.37. The average molecular weight is 518 g/mol. The van der Waals surface area contributed by atoms with Crippen LogP contribution in [0.5, 0.6) is 0 Å². The number of carbonyl (C=O) groups is 2. The largest absolute Gasteiger partial charge is 0.347 e. The summed E-state index contributed by atoms with van der Waals surface area (Å²) in [6, 6.07) is 14.5. The van der Waals surface area contributed by atoms with Crippen LogP contribution in [0, 0.1) is 0 Å². The fraction of sp³-hybridized carbons (Fsp3) is 0.516. The van der Waals surface area contributed by atoms with E-state index in [4.69, 9.17) is 4.98 Å². The van der Waals surface area contributed by atoms with Gasteiger partial charge in [-0.05, 0) is 55.7 Å². The molecule has 0 bridgehead atoms. The van der Waals surface area contributed by atoms with Gasteiger partial charge in [-0.15, -0.1) is 0 Å². The van der Waals surface area contributed by atoms with E-state index in [1.165, 1.54) is 38.5 Å². The zero-order valence-electron chi connectivity index (χ0n) is 23.1. The summed E-state index contributed by atoms with van der Waals surface area (Å²) in [4.78, 5) is 30.7. The van der Waals surface area contributed by atoms with Crippen LogP contribution in [0.1, 0.15) is 49.7 Å². The van der Waals surface area contributed by atoms with E-state index < -0.39 is 0 Å². The van der Waals surface area contributed by atoms with E-state index in [0.717, 1.165) is 68.1 Å². The highest BCUT2D eigenvalue weighted by Gasteiger charge is 2.28. The molecule has 2 aromatic carbocycles. The van der Waals surface area contributed by atoms with Gasteiger partial charge in [-0.2, -0.15) is 0 Å². The van der Waals surface area contributed by atoms with E-state index in [-0.39, 0.29) is 11.8 Å². The lowest BCUT2D eigenvalue weighted by Crippen LogP contribution is -2.53. The Hall–Kier alpha value is -3.03. The Labute approximate surface area is 226 Å². The van der Waals surface area contributed by atoms with Crippen LogP contribution in [0.15, 0.2) is 42.5 Å².